The molecule has 3 N–H and O–H groups in total. The zero-order valence-corrected chi connectivity index (χ0v) is 16.4. The maximum absolute atomic E-state index is 11.9. The van der Waals surface area contributed by atoms with Crippen molar-refractivity contribution in [1.82, 2.24) is 0 Å². The first kappa shape index (κ1) is 24.1. The van der Waals surface area contributed by atoms with Crippen LogP contribution in [0.15, 0.2) is 12.2 Å². The highest BCUT2D eigenvalue weighted by Crippen LogP contribution is 2.17. The number of aliphatic hydroxyl groups is 2. The molecule has 0 aromatic carbocycles. The molecule has 8 nitrogen and oxygen atoms in total. The minimum Gasteiger partial charge on any atom is -0.481 e. The van der Waals surface area contributed by atoms with Crippen LogP contribution in [0.25, 0.3) is 0 Å². The van der Waals surface area contributed by atoms with Gasteiger partial charge in [-0.25, -0.2) is 4.79 Å². The van der Waals surface area contributed by atoms with E-state index in [0.29, 0.717) is 12.8 Å². The Labute approximate surface area is 165 Å². The summed E-state index contributed by atoms with van der Waals surface area (Å²) in [6.07, 6.45) is 4.58. The fourth-order valence-corrected chi connectivity index (χ4v) is 2.98. The van der Waals surface area contributed by atoms with Gasteiger partial charge in [-0.3, -0.25) is 9.59 Å². The van der Waals surface area contributed by atoms with Gasteiger partial charge in [0.25, 0.3) is 0 Å². The number of rotatable bonds is 4. The number of hydrogen-bond donors (Lipinski definition) is 3. The van der Waals surface area contributed by atoms with Crippen LogP contribution in [0.3, 0.4) is 0 Å². The summed E-state index contributed by atoms with van der Waals surface area (Å²) in [5, 5.41) is 29.0. The standard InChI is InChI=1S/C20H32O8/c1-14-15(21)8-6-4-2-3-5-7-9-17(16(22)10-12-19(25)27-14)28-20(26)13-11-18(23)24/h10,12,14-17,21-22H,2-9,11,13H2,1H3,(H,23,24)/b12-10+/t14-,15+,16-,17+/m1/s1. The third kappa shape index (κ3) is 10.4. The third-order valence-electron chi connectivity index (χ3n) is 4.72. The monoisotopic (exact) mass is 400 g/mol. The van der Waals surface area contributed by atoms with Crippen molar-refractivity contribution in [2.45, 2.75) is 95.5 Å². The molecule has 0 spiro atoms. The van der Waals surface area contributed by atoms with E-state index in [9.17, 15) is 24.6 Å². The molecule has 0 fully saturated rings. The molecule has 0 aromatic heterocycles. The molecule has 0 bridgehead atoms. The summed E-state index contributed by atoms with van der Waals surface area (Å²) in [4.78, 5) is 34.3. The van der Waals surface area contributed by atoms with Crippen LogP contribution >= 0.6 is 0 Å². The van der Waals surface area contributed by atoms with Crippen LogP contribution in [0.4, 0.5) is 0 Å². The number of hydrogen-bond acceptors (Lipinski definition) is 7. The van der Waals surface area contributed by atoms with Gasteiger partial charge < -0.3 is 24.8 Å². The predicted molar refractivity (Wildman–Crippen MR) is 100 cm³/mol. The average molecular weight is 400 g/mol. The predicted octanol–water partition coefficient (Wildman–Crippen LogP) is 2.11. The van der Waals surface area contributed by atoms with Crippen molar-refractivity contribution in [3.63, 3.8) is 0 Å². The second-order valence-corrected chi connectivity index (χ2v) is 7.18. The molecule has 0 amide bonds. The molecule has 1 aliphatic heterocycles. The molecular weight excluding hydrogens is 368 g/mol. The van der Waals surface area contributed by atoms with E-state index < -0.39 is 42.3 Å². The van der Waals surface area contributed by atoms with Crippen molar-refractivity contribution in [3.05, 3.63) is 12.2 Å². The van der Waals surface area contributed by atoms with Gasteiger partial charge in [0.05, 0.1) is 18.9 Å². The van der Waals surface area contributed by atoms with E-state index in [1.54, 1.807) is 6.92 Å². The summed E-state index contributed by atoms with van der Waals surface area (Å²) < 4.78 is 10.4. The largest absolute Gasteiger partial charge is 0.481 e. The lowest BCUT2D eigenvalue weighted by Crippen LogP contribution is -2.31. The van der Waals surface area contributed by atoms with Crippen LogP contribution in [-0.2, 0) is 23.9 Å². The molecule has 0 radical (unpaired) electrons. The summed E-state index contributed by atoms with van der Waals surface area (Å²) in [5.74, 6) is -2.50. The molecule has 0 saturated heterocycles. The van der Waals surface area contributed by atoms with Gasteiger partial charge in [0.1, 0.15) is 18.3 Å². The molecule has 1 rings (SSSR count). The van der Waals surface area contributed by atoms with Gasteiger partial charge in [-0.2, -0.15) is 0 Å². The fourth-order valence-electron chi connectivity index (χ4n) is 2.98. The number of esters is 2. The van der Waals surface area contributed by atoms with Crippen LogP contribution in [0, 0.1) is 0 Å². The zero-order valence-electron chi connectivity index (χ0n) is 16.4. The van der Waals surface area contributed by atoms with E-state index in [0.717, 1.165) is 44.6 Å². The Balaban J connectivity index is 2.74. The first-order valence-corrected chi connectivity index (χ1v) is 9.95. The average Bonchev–Trinajstić information content (AvgIpc) is 2.64. The van der Waals surface area contributed by atoms with Crippen molar-refractivity contribution in [1.29, 1.82) is 0 Å². The Morgan fingerprint density at radius 3 is 2.32 bits per heavy atom. The topological polar surface area (TPSA) is 130 Å². The maximum atomic E-state index is 11.9. The maximum Gasteiger partial charge on any atom is 0.330 e. The molecule has 8 heteroatoms. The first-order valence-electron chi connectivity index (χ1n) is 9.95. The number of carbonyl (C=O) groups excluding carboxylic acids is 2. The smallest absolute Gasteiger partial charge is 0.330 e. The molecule has 0 unspecified atom stereocenters. The highest BCUT2D eigenvalue weighted by atomic mass is 16.6. The van der Waals surface area contributed by atoms with E-state index in [4.69, 9.17) is 14.6 Å². The second-order valence-electron chi connectivity index (χ2n) is 7.18. The number of aliphatic carboxylic acids is 1. The highest BCUT2D eigenvalue weighted by Gasteiger charge is 2.23. The van der Waals surface area contributed by atoms with Crippen LogP contribution in [0.2, 0.25) is 0 Å². The third-order valence-corrected chi connectivity index (χ3v) is 4.72. The Morgan fingerprint density at radius 1 is 1.07 bits per heavy atom. The molecule has 0 aromatic rings. The van der Waals surface area contributed by atoms with Gasteiger partial charge in [0.2, 0.25) is 0 Å². The Morgan fingerprint density at radius 2 is 1.68 bits per heavy atom. The fraction of sp³-hybridized carbons (Fsp3) is 0.750. The molecular formula is C20H32O8. The second kappa shape index (κ2) is 13.3. The van der Waals surface area contributed by atoms with E-state index in [-0.39, 0.29) is 12.8 Å². The summed E-state index contributed by atoms with van der Waals surface area (Å²) in [6.45, 7) is 1.61. The van der Waals surface area contributed by atoms with E-state index >= 15 is 0 Å². The number of ether oxygens (including phenoxy) is 2. The Kier molecular flexibility index (Phi) is 11.4. The van der Waals surface area contributed by atoms with Gasteiger partial charge >= 0.3 is 17.9 Å². The molecule has 160 valence electrons. The summed E-state index contributed by atoms with van der Waals surface area (Å²) in [6, 6.07) is 0. The lowest BCUT2D eigenvalue weighted by molar-refractivity contribution is -0.156. The molecule has 0 saturated carbocycles. The first-order chi connectivity index (χ1) is 13.3. The SMILES string of the molecule is C[C@H]1OC(=O)/C=C/[C@@H](O)[C@@H](OC(=O)CCC(=O)O)CCCCCCCC[C@@H]1O. The number of carboxylic acids is 1. The normalized spacial score (nSPS) is 29.5. The number of aliphatic hydroxyl groups excluding tert-OH is 2. The molecule has 1 heterocycles. The van der Waals surface area contributed by atoms with Crippen molar-refractivity contribution in [2.75, 3.05) is 0 Å². The van der Waals surface area contributed by atoms with Crippen molar-refractivity contribution in [3.8, 4) is 0 Å². The number of carbonyl (C=O) groups is 3. The number of carboxylic acid groups (broad SMARTS) is 1. The highest BCUT2D eigenvalue weighted by molar-refractivity contribution is 5.82. The molecule has 1 aliphatic rings. The van der Waals surface area contributed by atoms with Crippen LogP contribution in [-0.4, -0.2) is 57.6 Å². The Bertz CT molecular complexity index is 530. The van der Waals surface area contributed by atoms with E-state index in [1.807, 2.05) is 0 Å². The van der Waals surface area contributed by atoms with Gasteiger partial charge in [0.15, 0.2) is 0 Å². The molecule has 4 atom stereocenters. The Hall–Kier alpha value is -1.93. The number of cyclic esters (lactones) is 1. The van der Waals surface area contributed by atoms with Crippen LogP contribution in [0.5, 0.6) is 0 Å². The van der Waals surface area contributed by atoms with Gasteiger partial charge in [-0.05, 0) is 32.3 Å². The zero-order chi connectivity index (χ0) is 20.9. The van der Waals surface area contributed by atoms with Crippen LogP contribution in [0.1, 0.15) is 71.1 Å². The van der Waals surface area contributed by atoms with E-state index in [1.165, 1.54) is 6.08 Å². The van der Waals surface area contributed by atoms with Crippen LogP contribution < -0.4 is 0 Å². The lowest BCUT2D eigenvalue weighted by atomic mass is 10.0. The minimum absolute atomic E-state index is 0.278. The minimum atomic E-state index is -1.21. The van der Waals surface area contributed by atoms with Gasteiger partial charge in [-0.15, -0.1) is 0 Å². The summed E-state index contributed by atoms with van der Waals surface area (Å²) >= 11 is 0. The van der Waals surface area contributed by atoms with Gasteiger partial charge in [-0.1, -0.05) is 32.1 Å². The van der Waals surface area contributed by atoms with Gasteiger partial charge in [0, 0.05) is 6.08 Å². The summed E-state index contributed by atoms with van der Waals surface area (Å²) in [7, 11) is 0. The quantitative estimate of drug-likeness (QED) is 0.612. The van der Waals surface area contributed by atoms with Crippen molar-refractivity contribution < 1.29 is 39.2 Å². The van der Waals surface area contributed by atoms with E-state index in [2.05, 4.69) is 0 Å². The van der Waals surface area contributed by atoms with Crippen molar-refractivity contribution >= 4 is 17.9 Å². The molecule has 0 aliphatic carbocycles. The summed E-state index contributed by atoms with van der Waals surface area (Å²) in [5.41, 5.74) is 0. The van der Waals surface area contributed by atoms with Crippen molar-refractivity contribution in [2.24, 2.45) is 0 Å². The molecule has 28 heavy (non-hydrogen) atoms. The lowest BCUT2D eigenvalue weighted by Gasteiger charge is -2.22.